The van der Waals surface area contributed by atoms with E-state index in [9.17, 15) is 13.2 Å². The van der Waals surface area contributed by atoms with Crippen LogP contribution in [-0.4, -0.2) is 43.8 Å². The molecular weight excluding hydrogens is 509 g/mol. The number of nitrogens with zero attached hydrogens (tertiary/aromatic N) is 2. The van der Waals surface area contributed by atoms with Crippen molar-refractivity contribution in [2.24, 2.45) is 0 Å². The Hall–Kier alpha value is -4.18. The molecule has 1 aliphatic heterocycles. The van der Waals surface area contributed by atoms with Crippen LogP contribution in [0.2, 0.25) is 0 Å². The number of aromatic nitrogens is 1. The van der Waals surface area contributed by atoms with Crippen LogP contribution in [0.5, 0.6) is 5.75 Å². The number of halogens is 1. The lowest BCUT2D eigenvalue weighted by molar-refractivity contribution is 0.0731. The molecule has 1 aliphatic rings. The first-order chi connectivity index (χ1) is 18.2. The molecule has 1 aromatic heterocycles. The molecule has 0 bridgehead atoms. The van der Waals surface area contributed by atoms with E-state index in [0.717, 1.165) is 34.6 Å². The van der Waals surface area contributed by atoms with Crippen molar-refractivity contribution in [3.8, 4) is 28.2 Å². The number of sulfone groups is 1. The number of nitrogen functional groups attached to an aromatic ring is 1. The number of carbonyl (C=O) groups is 1. The summed E-state index contributed by atoms with van der Waals surface area (Å²) < 4.78 is 50.1. The lowest BCUT2D eigenvalue weighted by Crippen LogP contribution is -2.33. The maximum atomic E-state index is 15.1. The highest BCUT2D eigenvalue weighted by Crippen LogP contribution is 2.32. The molecule has 196 valence electrons. The summed E-state index contributed by atoms with van der Waals surface area (Å²) in [4.78, 5) is 14.7. The summed E-state index contributed by atoms with van der Waals surface area (Å²) in [6.07, 6.45) is 1.13. The summed E-state index contributed by atoms with van der Waals surface area (Å²) in [5.74, 6) is 0.316. The Labute approximate surface area is 219 Å². The molecule has 3 aromatic carbocycles. The van der Waals surface area contributed by atoms with Crippen LogP contribution in [0.4, 0.5) is 10.2 Å². The van der Waals surface area contributed by atoms with Crippen molar-refractivity contribution in [2.45, 2.75) is 24.8 Å². The number of carbonyl (C=O) groups excluding carboxylic acids is 1. The van der Waals surface area contributed by atoms with E-state index in [-0.39, 0.29) is 36.6 Å². The minimum Gasteiger partial charge on any atom is -0.491 e. The van der Waals surface area contributed by atoms with Crippen molar-refractivity contribution >= 4 is 21.6 Å². The molecular formula is C28H26FN3O5S. The molecule has 0 saturated carbocycles. The Bertz CT molecular complexity index is 1630. The fourth-order valence-corrected chi connectivity index (χ4v) is 5.37. The van der Waals surface area contributed by atoms with Gasteiger partial charge in [-0.05, 0) is 41.8 Å². The van der Waals surface area contributed by atoms with Gasteiger partial charge in [-0.15, -0.1) is 0 Å². The average Bonchev–Trinajstić information content (AvgIpc) is 3.21. The maximum absolute atomic E-state index is 15.1. The number of anilines is 1. The molecule has 4 aromatic rings. The average molecular weight is 536 g/mol. The number of rotatable bonds is 5. The van der Waals surface area contributed by atoms with Crippen LogP contribution in [-0.2, 0) is 22.8 Å². The van der Waals surface area contributed by atoms with E-state index in [1.165, 1.54) is 6.07 Å². The smallest absolute Gasteiger partial charge is 0.254 e. The second-order valence-corrected chi connectivity index (χ2v) is 11.1. The second-order valence-electron chi connectivity index (χ2n) is 9.12. The summed E-state index contributed by atoms with van der Waals surface area (Å²) in [5.41, 5.74) is 9.43. The fraction of sp³-hybridized carbons (Fsp3) is 0.214. The Kier molecular flexibility index (Phi) is 6.66. The Morgan fingerprint density at radius 1 is 1.05 bits per heavy atom. The van der Waals surface area contributed by atoms with Gasteiger partial charge >= 0.3 is 0 Å². The zero-order valence-corrected chi connectivity index (χ0v) is 21.7. The van der Waals surface area contributed by atoms with Crippen molar-refractivity contribution in [1.82, 2.24) is 10.1 Å². The number of hydrogen-bond donors (Lipinski definition) is 1. The second kappa shape index (κ2) is 9.94. The van der Waals surface area contributed by atoms with Gasteiger partial charge in [-0.25, -0.2) is 12.8 Å². The molecule has 5 rings (SSSR count). The molecule has 38 heavy (non-hydrogen) atoms. The van der Waals surface area contributed by atoms with Gasteiger partial charge in [0.25, 0.3) is 5.91 Å². The summed E-state index contributed by atoms with van der Waals surface area (Å²) in [7, 11) is -3.76. The topological polar surface area (TPSA) is 116 Å². The summed E-state index contributed by atoms with van der Waals surface area (Å²) in [6, 6.07) is 17.7. The normalized spacial score (nSPS) is 13.5. The molecule has 1 amide bonds. The number of ether oxygens (including phenoxy) is 1. The van der Waals surface area contributed by atoms with Crippen LogP contribution in [0.15, 0.2) is 70.1 Å². The Balaban J connectivity index is 1.43. The van der Waals surface area contributed by atoms with Gasteiger partial charge < -0.3 is 19.9 Å². The first kappa shape index (κ1) is 25.5. The molecule has 0 radical (unpaired) electrons. The van der Waals surface area contributed by atoms with Gasteiger partial charge in [0.15, 0.2) is 21.4 Å². The predicted molar refractivity (Wildman–Crippen MR) is 141 cm³/mol. The van der Waals surface area contributed by atoms with Gasteiger partial charge in [0.2, 0.25) is 0 Å². The summed E-state index contributed by atoms with van der Waals surface area (Å²) >= 11 is 0. The molecule has 0 atom stereocenters. The van der Waals surface area contributed by atoms with Crippen molar-refractivity contribution in [3.05, 3.63) is 83.2 Å². The summed E-state index contributed by atoms with van der Waals surface area (Å²) in [6.45, 7) is 2.53. The van der Waals surface area contributed by atoms with Crippen molar-refractivity contribution < 1.29 is 26.9 Å². The van der Waals surface area contributed by atoms with E-state index in [1.54, 1.807) is 17.9 Å². The molecule has 2 heterocycles. The minimum absolute atomic E-state index is 0.0886. The van der Waals surface area contributed by atoms with Gasteiger partial charge in [0.1, 0.15) is 23.1 Å². The first-order valence-corrected chi connectivity index (χ1v) is 13.9. The highest BCUT2D eigenvalue weighted by molar-refractivity contribution is 7.90. The number of hydrogen-bond acceptors (Lipinski definition) is 7. The van der Waals surface area contributed by atoms with Gasteiger partial charge in [-0.3, -0.25) is 4.79 Å². The maximum Gasteiger partial charge on any atom is 0.254 e. The highest BCUT2D eigenvalue weighted by Gasteiger charge is 2.27. The van der Waals surface area contributed by atoms with Gasteiger partial charge in [0.05, 0.1) is 6.54 Å². The highest BCUT2D eigenvalue weighted by atomic mass is 32.2. The molecule has 0 aliphatic carbocycles. The largest absolute Gasteiger partial charge is 0.491 e. The van der Waals surface area contributed by atoms with Crippen LogP contribution in [0.3, 0.4) is 0 Å². The molecule has 2 N–H and O–H groups in total. The molecule has 0 spiro atoms. The van der Waals surface area contributed by atoms with Crippen molar-refractivity contribution in [3.63, 3.8) is 0 Å². The zero-order valence-electron chi connectivity index (χ0n) is 20.9. The van der Waals surface area contributed by atoms with E-state index >= 15 is 4.39 Å². The molecule has 0 fully saturated rings. The van der Waals surface area contributed by atoms with E-state index in [1.807, 2.05) is 42.5 Å². The SMILES string of the molecule is CCc1c(C(=O)N2CCOc3ccc(-c4ccc(-c5cc(N)no5)cc4)cc3C2)ccc(S(C)(=O)=O)c1F. The third-order valence-electron chi connectivity index (χ3n) is 6.55. The standard InChI is InChI=1S/C28H26FN3O5S/c1-3-21-22(9-11-25(27(21)29)38(2,34)35)28(33)32-12-13-36-23-10-8-19(14-20(23)16-32)17-4-6-18(7-5-17)24-15-26(30)31-37-24/h4-11,14-15H,3,12-13,16H2,1-2H3,(H2,30,31). The van der Waals surface area contributed by atoms with Crippen LogP contribution < -0.4 is 10.5 Å². The summed E-state index contributed by atoms with van der Waals surface area (Å²) in [5, 5.41) is 3.71. The van der Waals surface area contributed by atoms with E-state index in [2.05, 4.69) is 5.16 Å². The first-order valence-electron chi connectivity index (χ1n) is 12.0. The van der Waals surface area contributed by atoms with Crippen LogP contribution >= 0.6 is 0 Å². The fourth-order valence-electron chi connectivity index (χ4n) is 4.60. The minimum atomic E-state index is -3.76. The molecule has 0 saturated heterocycles. The van der Waals surface area contributed by atoms with Crippen LogP contribution in [0.25, 0.3) is 22.5 Å². The van der Waals surface area contributed by atoms with E-state index < -0.39 is 20.5 Å². The number of benzene rings is 3. The van der Waals surface area contributed by atoms with E-state index in [0.29, 0.717) is 23.9 Å². The number of amides is 1. The third-order valence-corrected chi connectivity index (χ3v) is 7.66. The third kappa shape index (κ3) is 4.87. The molecule has 0 unspecified atom stereocenters. The quantitative estimate of drug-likeness (QED) is 0.393. The van der Waals surface area contributed by atoms with Crippen molar-refractivity contribution in [2.75, 3.05) is 25.1 Å². The van der Waals surface area contributed by atoms with Gasteiger partial charge in [0, 0.05) is 41.1 Å². The van der Waals surface area contributed by atoms with Gasteiger partial charge in [-0.1, -0.05) is 42.4 Å². The molecule has 10 heteroatoms. The molecule has 8 nitrogen and oxygen atoms in total. The lowest BCUT2D eigenvalue weighted by Gasteiger charge is -2.22. The van der Waals surface area contributed by atoms with Crippen LogP contribution in [0, 0.1) is 5.82 Å². The number of nitrogens with two attached hydrogens (primary N) is 1. The predicted octanol–water partition coefficient (Wildman–Crippen LogP) is 4.73. The Morgan fingerprint density at radius 3 is 2.42 bits per heavy atom. The van der Waals surface area contributed by atoms with Crippen LogP contribution in [0.1, 0.15) is 28.4 Å². The lowest BCUT2D eigenvalue weighted by atomic mass is 10.00. The Morgan fingerprint density at radius 2 is 1.76 bits per heavy atom. The zero-order chi connectivity index (χ0) is 27.0. The number of fused-ring (bicyclic) bond motifs is 1. The van der Waals surface area contributed by atoms with E-state index in [4.69, 9.17) is 15.0 Å². The van der Waals surface area contributed by atoms with Gasteiger partial charge in [-0.2, -0.15) is 0 Å². The van der Waals surface area contributed by atoms with Crippen molar-refractivity contribution in [1.29, 1.82) is 0 Å². The monoisotopic (exact) mass is 535 g/mol.